The maximum Gasteiger partial charge on any atom is 0.220 e. The Kier molecular flexibility index (Phi) is 4.49. The Balaban J connectivity index is 1.68. The predicted octanol–water partition coefficient (Wildman–Crippen LogP) is 1.75. The summed E-state index contributed by atoms with van der Waals surface area (Å²) in [6.07, 6.45) is 3.61. The Morgan fingerprint density at radius 3 is 2.89 bits per heavy atom. The molecular weight excluding hydrogens is 242 g/mol. The summed E-state index contributed by atoms with van der Waals surface area (Å²) in [4.78, 5) is 11.5. The van der Waals surface area contributed by atoms with Crippen LogP contribution in [-0.4, -0.2) is 25.6 Å². The van der Waals surface area contributed by atoms with Gasteiger partial charge in [-0.05, 0) is 31.4 Å². The van der Waals surface area contributed by atoms with Gasteiger partial charge < -0.3 is 21.1 Å². The fraction of sp³-hybridized carbons (Fsp3) is 0.500. The van der Waals surface area contributed by atoms with E-state index in [1.165, 1.54) is 0 Å². The molecule has 0 unspecified atom stereocenters. The number of nitrogens with two attached hydrogens (primary N) is 1. The SMILES string of the molecule is COc1ccc(NCCCC(=O)NC2CC2)c(N)c1. The molecule has 5 nitrogen and oxygen atoms in total. The minimum atomic E-state index is 0.145. The largest absolute Gasteiger partial charge is 0.497 e. The van der Waals surface area contributed by atoms with Crippen LogP contribution in [0.15, 0.2) is 18.2 Å². The number of benzene rings is 1. The van der Waals surface area contributed by atoms with Crippen LogP contribution < -0.4 is 21.1 Å². The average Bonchev–Trinajstić information content (AvgIpc) is 3.20. The van der Waals surface area contributed by atoms with Crippen molar-refractivity contribution >= 4 is 17.3 Å². The Labute approximate surface area is 113 Å². The molecule has 19 heavy (non-hydrogen) atoms. The van der Waals surface area contributed by atoms with E-state index in [4.69, 9.17) is 10.5 Å². The molecule has 1 amide bonds. The van der Waals surface area contributed by atoms with E-state index in [9.17, 15) is 4.79 Å². The number of methoxy groups -OCH3 is 1. The fourth-order valence-corrected chi connectivity index (χ4v) is 1.83. The summed E-state index contributed by atoms with van der Waals surface area (Å²) in [5, 5.41) is 6.20. The molecule has 1 aliphatic rings. The van der Waals surface area contributed by atoms with Gasteiger partial charge in [-0.3, -0.25) is 4.79 Å². The molecule has 0 saturated heterocycles. The number of rotatable bonds is 7. The zero-order valence-corrected chi connectivity index (χ0v) is 11.2. The maximum absolute atomic E-state index is 11.5. The highest BCUT2D eigenvalue weighted by Crippen LogP contribution is 2.24. The summed E-state index contributed by atoms with van der Waals surface area (Å²) in [6, 6.07) is 5.97. The van der Waals surface area contributed by atoms with E-state index in [0.29, 0.717) is 18.2 Å². The van der Waals surface area contributed by atoms with Gasteiger partial charge in [0.15, 0.2) is 0 Å². The van der Waals surface area contributed by atoms with E-state index in [-0.39, 0.29) is 5.91 Å². The molecule has 104 valence electrons. The lowest BCUT2D eigenvalue weighted by Crippen LogP contribution is -2.25. The van der Waals surface area contributed by atoms with Crippen molar-refractivity contribution in [2.75, 3.05) is 24.7 Å². The molecule has 1 fully saturated rings. The number of carbonyl (C=O) groups excluding carboxylic acids is 1. The first-order valence-electron chi connectivity index (χ1n) is 6.66. The van der Waals surface area contributed by atoms with Crippen molar-refractivity contribution in [1.29, 1.82) is 0 Å². The number of hydrogen-bond acceptors (Lipinski definition) is 4. The molecule has 0 atom stereocenters. The van der Waals surface area contributed by atoms with Crippen molar-refractivity contribution in [1.82, 2.24) is 5.32 Å². The molecule has 0 radical (unpaired) electrons. The van der Waals surface area contributed by atoms with Crippen LogP contribution >= 0.6 is 0 Å². The molecule has 5 heteroatoms. The van der Waals surface area contributed by atoms with Gasteiger partial charge in [-0.1, -0.05) is 0 Å². The first-order chi connectivity index (χ1) is 9.19. The lowest BCUT2D eigenvalue weighted by molar-refractivity contribution is -0.121. The highest BCUT2D eigenvalue weighted by Gasteiger charge is 2.22. The molecule has 4 N–H and O–H groups in total. The monoisotopic (exact) mass is 263 g/mol. The van der Waals surface area contributed by atoms with Crippen molar-refractivity contribution in [3.63, 3.8) is 0 Å². The van der Waals surface area contributed by atoms with Crippen LogP contribution in [0, 0.1) is 0 Å². The third kappa shape index (κ3) is 4.35. The molecule has 2 rings (SSSR count). The van der Waals surface area contributed by atoms with Crippen molar-refractivity contribution in [3.05, 3.63) is 18.2 Å². The van der Waals surface area contributed by atoms with E-state index in [1.807, 2.05) is 12.1 Å². The second-order valence-corrected chi connectivity index (χ2v) is 4.83. The van der Waals surface area contributed by atoms with Crippen LogP contribution in [0.4, 0.5) is 11.4 Å². The van der Waals surface area contributed by atoms with Crippen molar-refractivity contribution in [2.45, 2.75) is 31.7 Å². The molecule has 1 aliphatic carbocycles. The van der Waals surface area contributed by atoms with Crippen LogP contribution in [0.2, 0.25) is 0 Å². The van der Waals surface area contributed by atoms with E-state index in [1.54, 1.807) is 13.2 Å². The zero-order chi connectivity index (χ0) is 13.7. The third-order valence-corrected chi connectivity index (χ3v) is 3.10. The number of nitrogen functional groups attached to an aromatic ring is 1. The fourth-order valence-electron chi connectivity index (χ4n) is 1.83. The van der Waals surface area contributed by atoms with Crippen LogP contribution in [0.25, 0.3) is 0 Å². The molecule has 0 aliphatic heterocycles. The van der Waals surface area contributed by atoms with Gasteiger partial charge in [-0.25, -0.2) is 0 Å². The van der Waals surface area contributed by atoms with E-state index in [0.717, 1.165) is 37.2 Å². The van der Waals surface area contributed by atoms with Gasteiger partial charge in [0.25, 0.3) is 0 Å². The third-order valence-electron chi connectivity index (χ3n) is 3.10. The lowest BCUT2D eigenvalue weighted by atomic mass is 10.2. The zero-order valence-electron chi connectivity index (χ0n) is 11.2. The van der Waals surface area contributed by atoms with Crippen molar-refractivity contribution in [3.8, 4) is 5.75 Å². The number of amides is 1. The predicted molar refractivity (Wildman–Crippen MR) is 76.3 cm³/mol. The van der Waals surface area contributed by atoms with Gasteiger partial charge in [0.05, 0.1) is 18.5 Å². The summed E-state index contributed by atoms with van der Waals surface area (Å²) < 4.78 is 5.09. The molecular formula is C14H21N3O2. The smallest absolute Gasteiger partial charge is 0.220 e. The second-order valence-electron chi connectivity index (χ2n) is 4.83. The molecule has 1 saturated carbocycles. The van der Waals surface area contributed by atoms with Crippen molar-refractivity contribution < 1.29 is 9.53 Å². The molecule has 0 bridgehead atoms. The van der Waals surface area contributed by atoms with Gasteiger partial charge in [-0.15, -0.1) is 0 Å². The number of carbonyl (C=O) groups is 1. The van der Waals surface area contributed by atoms with Crippen molar-refractivity contribution in [2.24, 2.45) is 0 Å². The standard InChI is InChI=1S/C14H21N3O2/c1-19-11-6-7-13(12(15)9-11)16-8-2-3-14(18)17-10-4-5-10/h6-7,9-10,16H,2-5,8,15H2,1H3,(H,17,18). The van der Waals surface area contributed by atoms with E-state index in [2.05, 4.69) is 10.6 Å². The number of hydrogen-bond donors (Lipinski definition) is 3. The summed E-state index contributed by atoms with van der Waals surface area (Å²) in [6.45, 7) is 0.731. The van der Waals surface area contributed by atoms with Gasteiger partial charge in [0, 0.05) is 25.1 Å². The molecule has 1 aromatic carbocycles. The Hall–Kier alpha value is -1.91. The lowest BCUT2D eigenvalue weighted by Gasteiger charge is -2.10. The van der Waals surface area contributed by atoms with Crippen LogP contribution in [-0.2, 0) is 4.79 Å². The van der Waals surface area contributed by atoms with Crippen LogP contribution in [0.5, 0.6) is 5.75 Å². The summed E-state index contributed by atoms with van der Waals surface area (Å²) in [7, 11) is 1.61. The highest BCUT2D eigenvalue weighted by molar-refractivity contribution is 5.76. The van der Waals surface area contributed by atoms with Crippen LogP contribution in [0.3, 0.4) is 0 Å². The summed E-state index contributed by atoms with van der Waals surface area (Å²) >= 11 is 0. The summed E-state index contributed by atoms with van der Waals surface area (Å²) in [5.74, 6) is 0.888. The highest BCUT2D eigenvalue weighted by atomic mass is 16.5. The van der Waals surface area contributed by atoms with E-state index >= 15 is 0 Å². The Morgan fingerprint density at radius 1 is 1.47 bits per heavy atom. The van der Waals surface area contributed by atoms with Gasteiger partial charge in [0.2, 0.25) is 5.91 Å². The minimum absolute atomic E-state index is 0.145. The second kappa shape index (κ2) is 6.31. The first-order valence-corrected chi connectivity index (χ1v) is 6.66. The van der Waals surface area contributed by atoms with Gasteiger partial charge in [-0.2, -0.15) is 0 Å². The number of nitrogens with one attached hydrogen (secondary N) is 2. The van der Waals surface area contributed by atoms with E-state index < -0.39 is 0 Å². The number of ether oxygens (including phenoxy) is 1. The Morgan fingerprint density at radius 2 is 2.26 bits per heavy atom. The molecule has 0 heterocycles. The molecule has 0 spiro atoms. The topological polar surface area (TPSA) is 76.4 Å². The maximum atomic E-state index is 11.5. The molecule has 0 aromatic heterocycles. The molecule has 1 aromatic rings. The first kappa shape index (κ1) is 13.5. The summed E-state index contributed by atoms with van der Waals surface area (Å²) in [5.41, 5.74) is 7.42. The normalized spacial score (nSPS) is 13.9. The van der Waals surface area contributed by atoms with Gasteiger partial charge >= 0.3 is 0 Å². The average molecular weight is 263 g/mol. The Bertz CT molecular complexity index is 444. The van der Waals surface area contributed by atoms with Gasteiger partial charge in [0.1, 0.15) is 5.75 Å². The quantitative estimate of drug-likeness (QED) is 0.517. The number of anilines is 2. The van der Waals surface area contributed by atoms with Crippen LogP contribution in [0.1, 0.15) is 25.7 Å². The minimum Gasteiger partial charge on any atom is -0.497 e.